The molecule has 100 valence electrons. The van der Waals surface area contributed by atoms with Crippen molar-refractivity contribution < 1.29 is 0 Å². The Bertz CT molecular complexity index is 409. The highest BCUT2D eigenvalue weighted by atomic mass is 16.1. The van der Waals surface area contributed by atoms with Crippen LogP contribution < -0.4 is 15.8 Å². The number of nitrogens with one attached hydrogen (secondary N) is 2. The predicted octanol–water partition coefficient (Wildman–Crippen LogP) is 0.986. The van der Waals surface area contributed by atoms with Gasteiger partial charge in [0.1, 0.15) is 0 Å². The first kappa shape index (κ1) is 13.1. The summed E-state index contributed by atoms with van der Waals surface area (Å²) in [5.74, 6) is 1.30. The van der Waals surface area contributed by atoms with E-state index in [0.29, 0.717) is 5.82 Å². The van der Waals surface area contributed by atoms with Crippen LogP contribution in [0.1, 0.15) is 26.2 Å². The summed E-state index contributed by atoms with van der Waals surface area (Å²) < 4.78 is 0. The third-order valence-corrected chi connectivity index (χ3v) is 3.46. The Morgan fingerprint density at radius 2 is 2.28 bits per heavy atom. The van der Waals surface area contributed by atoms with E-state index in [9.17, 15) is 4.79 Å². The molecule has 2 heterocycles. The SMILES string of the molecule is CCCNCC1CCN(c2ncc[nH]c2=O)CC1. The van der Waals surface area contributed by atoms with Gasteiger partial charge in [0, 0.05) is 25.5 Å². The van der Waals surface area contributed by atoms with Crippen LogP contribution in [-0.4, -0.2) is 36.1 Å². The molecule has 1 fully saturated rings. The van der Waals surface area contributed by atoms with Gasteiger partial charge >= 0.3 is 0 Å². The highest BCUT2D eigenvalue weighted by Gasteiger charge is 2.21. The van der Waals surface area contributed by atoms with Crippen molar-refractivity contribution in [3.05, 3.63) is 22.7 Å². The number of piperidine rings is 1. The van der Waals surface area contributed by atoms with Crippen molar-refractivity contribution in [3.63, 3.8) is 0 Å². The average molecular weight is 250 g/mol. The molecule has 0 atom stereocenters. The molecular weight excluding hydrogens is 228 g/mol. The summed E-state index contributed by atoms with van der Waals surface area (Å²) in [4.78, 5) is 20.6. The monoisotopic (exact) mass is 250 g/mol. The molecule has 1 aromatic heterocycles. The molecule has 0 aliphatic carbocycles. The van der Waals surface area contributed by atoms with Gasteiger partial charge in [0.2, 0.25) is 0 Å². The highest BCUT2D eigenvalue weighted by molar-refractivity contribution is 5.35. The van der Waals surface area contributed by atoms with Crippen LogP contribution in [-0.2, 0) is 0 Å². The van der Waals surface area contributed by atoms with E-state index >= 15 is 0 Å². The van der Waals surface area contributed by atoms with E-state index in [4.69, 9.17) is 0 Å². The maximum Gasteiger partial charge on any atom is 0.290 e. The second-order valence-corrected chi connectivity index (χ2v) is 4.88. The number of rotatable bonds is 5. The molecule has 5 heteroatoms. The van der Waals surface area contributed by atoms with Crippen LogP contribution in [0.2, 0.25) is 0 Å². The number of hydrogen-bond acceptors (Lipinski definition) is 4. The molecule has 18 heavy (non-hydrogen) atoms. The maximum atomic E-state index is 11.6. The standard InChI is InChI=1S/C13H22N4O/c1-2-5-14-10-11-3-8-17(9-4-11)12-13(18)16-7-6-15-12/h6-7,11,14H,2-5,8-10H2,1H3,(H,16,18). The Labute approximate surface area is 108 Å². The summed E-state index contributed by atoms with van der Waals surface area (Å²) in [5.41, 5.74) is -0.0833. The van der Waals surface area contributed by atoms with Gasteiger partial charge in [-0.2, -0.15) is 0 Å². The second kappa shape index (κ2) is 6.54. The van der Waals surface area contributed by atoms with Gasteiger partial charge in [-0.15, -0.1) is 0 Å². The summed E-state index contributed by atoms with van der Waals surface area (Å²) in [6.07, 6.45) is 6.67. The van der Waals surface area contributed by atoms with Crippen LogP contribution in [0.3, 0.4) is 0 Å². The Balaban J connectivity index is 1.83. The summed E-state index contributed by atoms with van der Waals surface area (Å²) >= 11 is 0. The van der Waals surface area contributed by atoms with Crippen molar-refractivity contribution in [2.75, 3.05) is 31.1 Å². The van der Waals surface area contributed by atoms with Crippen molar-refractivity contribution in [1.29, 1.82) is 0 Å². The van der Waals surface area contributed by atoms with Crippen LogP contribution in [0.15, 0.2) is 17.2 Å². The van der Waals surface area contributed by atoms with E-state index in [0.717, 1.165) is 44.9 Å². The molecule has 0 saturated carbocycles. The third-order valence-electron chi connectivity index (χ3n) is 3.46. The van der Waals surface area contributed by atoms with Gasteiger partial charge < -0.3 is 15.2 Å². The number of anilines is 1. The second-order valence-electron chi connectivity index (χ2n) is 4.88. The summed E-state index contributed by atoms with van der Waals surface area (Å²) in [5, 5.41) is 3.47. The fraction of sp³-hybridized carbons (Fsp3) is 0.692. The summed E-state index contributed by atoms with van der Waals surface area (Å²) in [6, 6.07) is 0. The van der Waals surface area contributed by atoms with Gasteiger partial charge in [-0.3, -0.25) is 4.79 Å². The topological polar surface area (TPSA) is 61.0 Å². The van der Waals surface area contributed by atoms with E-state index < -0.39 is 0 Å². The van der Waals surface area contributed by atoms with Gasteiger partial charge in [-0.1, -0.05) is 6.92 Å². The fourth-order valence-electron chi connectivity index (χ4n) is 2.40. The van der Waals surface area contributed by atoms with Crippen LogP contribution >= 0.6 is 0 Å². The molecule has 0 aromatic carbocycles. The quantitative estimate of drug-likeness (QED) is 0.765. The van der Waals surface area contributed by atoms with Crippen molar-refractivity contribution in [2.45, 2.75) is 26.2 Å². The molecular formula is C13H22N4O. The zero-order valence-corrected chi connectivity index (χ0v) is 11.0. The van der Waals surface area contributed by atoms with Crippen LogP contribution in [0.5, 0.6) is 0 Å². The minimum absolute atomic E-state index is 0.0833. The predicted molar refractivity (Wildman–Crippen MR) is 73.0 cm³/mol. The molecule has 1 saturated heterocycles. The Morgan fingerprint density at radius 3 is 2.94 bits per heavy atom. The lowest BCUT2D eigenvalue weighted by Crippen LogP contribution is -2.40. The third kappa shape index (κ3) is 3.32. The summed E-state index contributed by atoms with van der Waals surface area (Å²) in [6.45, 7) is 6.24. The number of H-pyrrole nitrogens is 1. The minimum Gasteiger partial charge on any atom is -0.352 e. The smallest absolute Gasteiger partial charge is 0.290 e. The average Bonchev–Trinajstić information content (AvgIpc) is 2.41. The van der Waals surface area contributed by atoms with E-state index in [1.54, 1.807) is 12.4 Å². The summed E-state index contributed by atoms with van der Waals surface area (Å²) in [7, 11) is 0. The van der Waals surface area contributed by atoms with E-state index in [1.165, 1.54) is 6.42 Å². The van der Waals surface area contributed by atoms with Gasteiger partial charge in [-0.25, -0.2) is 4.98 Å². The minimum atomic E-state index is -0.0833. The van der Waals surface area contributed by atoms with Gasteiger partial charge in [-0.05, 0) is 38.3 Å². The number of hydrogen-bond donors (Lipinski definition) is 2. The Kier molecular flexibility index (Phi) is 4.75. The van der Waals surface area contributed by atoms with Crippen LogP contribution in [0, 0.1) is 5.92 Å². The molecule has 5 nitrogen and oxygen atoms in total. The number of nitrogens with zero attached hydrogens (tertiary/aromatic N) is 2. The number of aromatic amines is 1. The first-order valence-corrected chi connectivity index (χ1v) is 6.80. The molecule has 1 aromatic rings. The van der Waals surface area contributed by atoms with Crippen molar-refractivity contribution in [3.8, 4) is 0 Å². The first-order valence-electron chi connectivity index (χ1n) is 6.80. The Hall–Kier alpha value is -1.36. The lowest BCUT2D eigenvalue weighted by Gasteiger charge is -2.32. The zero-order chi connectivity index (χ0) is 12.8. The molecule has 2 rings (SSSR count). The number of aromatic nitrogens is 2. The highest BCUT2D eigenvalue weighted by Crippen LogP contribution is 2.18. The molecule has 0 spiro atoms. The Morgan fingerprint density at radius 1 is 1.50 bits per heavy atom. The van der Waals surface area contributed by atoms with E-state index in [-0.39, 0.29) is 5.56 Å². The van der Waals surface area contributed by atoms with Gasteiger partial charge in [0.05, 0.1) is 0 Å². The molecule has 2 N–H and O–H groups in total. The maximum absolute atomic E-state index is 11.6. The van der Waals surface area contributed by atoms with Crippen molar-refractivity contribution in [2.24, 2.45) is 5.92 Å². The van der Waals surface area contributed by atoms with Crippen molar-refractivity contribution in [1.82, 2.24) is 15.3 Å². The van der Waals surface area contributed by atoms with E-state index in [2.05, 4.69) is 27.1 Å². The molecule has 0 bridgehead atoms. The largest absolute Gasteiger partial charge is 0.352 e. The molecule has 0 unspecified atom stereocenters. The molecule has 0 radical (unpaired) electrons. The molecule has 0 amide bonds. The van der Waals surface area contributed by atoms with Gasteiger partial charge in [0.15, 0.2) is 5.82 Å². The van der Waals surface area contributed by atoms with E-state index in [1.807, 2.05) is 0 Å². The lowest BCUT2D eigenvalue weighted by atomic mass is 9.97. The molecule has 1 aliphatic rings. The lowest BCUT2D eigenvalue weighted by molar-refractivity contribution is 0.382. The zero-order valence-electron chi connectivity index (χ0n) is 11.0. The van der Waals surface area contributed by atoms with Crippen LogP contribution in [0.25, 0.3) is 0 Å². The fourth-order valence-corrected chi connectivity index (χ4v) is 2.40. The van der Waals surface area contributed by atoms with Crippen molar-refractivity contribution >= 4 is 5.82 Å². The normalized spacial score (nSPS) is 17.1. The van der Waals surface area contributed by atoms with Crippen LogP contribution in [0.4, 0.5) is 5.82 Å². The molecule has 1 aliphatic heterocycles. The first-order chi connectivity index (χ1) is 8.81. The van der Waals surface area contributed by atoms with Gasteiger partial charge in [0.25, 0.3) is 5.56 Å².